The Kier molecular flexibility index (Phi) is 4.51. The third kappa shape index (κ3) is 3.42. The molecule has 21 heavy (non-hydrogen) atoms. The van der Waals surface area contributed by atoms with Crippen molar-refractivity contribution in [3.63, 3.8) is 0 Å². The summed E-state index contributed by atoms with van der Waals surface area (Å²) in [6.45, 7) is 5.38. The van der Waals surface area contributed by atoms with Crippen LogP contribution in [-0.2, 0) is 19.3 Å². The molecule has 0 saturated heterocycles. The first-order valence-electron chi connectivity index (χ1n) is 7.56. The molecule has 0 aliphatic carbocycles. The minimum absolute atomic E-state index is 0.642. The van der Waals surface area contributed by atoms with Gasteiger partial charge in [-0.05, 0) is 18.5 Å². The minimum Gasteiger partial charge on any atom is -0.303 e. The first-order valence-corrected chi connectivity index (χ1v) is 7.94. The number of likely N-dealkylation sites (N-methyl/N-ethyl adjacent to an activating group) is 1. The van der Waals surface area contributed by atoms with Crippen LogP contribution in [0.15, 0.2) is 30.3 Å². The molecule has 4 heteroatoms. The normalized spacial score (nSPS) is 15.5. The van der Waals surface area contributed by atoms with Crippen LogP contribution >= 0.6 is 11.6 Å². The highest BCUT2D eigenvalue weighted by atomic mass is 35.5. The molecule has 2 aromatic rings. The minimum atomic E-state index is 0.642. The van der Waals surface area contributed by atoms with Crippen molar-refractivity contribution in [2.75, 3.05) is 19.6 Å². The number of nitrogens with zero attached hydrogens (tertiary/aromatic N) is 3. The van der Waals surface area contributed by atoms with Crippen molar-refractivity contribution < 1.29 is 0 Å². The molecule has 1 aromatic heterocycles. The van der Waals surface area contributed by atoms with E-state index >= 15 is 0 Å². The van der Waals surface area contributed by atoms with Gasteiger partial charge in [0.1, 0.15) is 11.0 Å². The maximum absolute atomic E-state index is 6.41. The second-order valence-electron chi connectivity index (χ2n) is 5.45. The van der Waals surface area contributed by atoms with Gasteiger partial charge in [-0.1, -0.05) is 48.9 Å². The molecule has 0 fully saturated rings. The molecule has 0 unspecified atom stereocenters. The summed E-state index contributed by atoms with van der Waals surface area (Å²) in [5.41, 5.74) is 3.50. The fourth-order valence-corrected chi connectivity index (χ4v) is 3.12. The van der Waals surface area contributed by atoms with Crippen molar-refractivity contribution in [2.45, 2.75) is 26.2 Å². The summed E-state index contributed by atoms with van der Waals surface area (Å²) in [5, 5.41) is 0.642. The number of hydrogen-bond donors (Lipinski definition) is 0. The lowest BCUT2D eigenvalue weighted by Gasteiger charge is -2.15. The first kappa shape index (κ1) is 14.5. The Morgan fingerprint density at radius 2 is 1.86 bits per heavy atom. The van der Waals surface area contributed by atoms with Crippen LogP contribution in [0.1, 0.15) is 29.6 Å². The number of benzene rings is 1. The monoisotopic (exact) mass is 301 g/mol. The van der Waals surface area contributed by atoms with Gasteiger partial charge in [-0.3, -0.25) is 0 Å². The van der Waals surface area contributed by atoms with E-state index in [-0.39, 0.29) is 0 Å². The zero-order chi connectivity index (χ0) is 14.7. The Morgan fingerprint density at radius 3 is 2.62 bits per heavy atom. The summed E-state index contributed by atoms with van der Waals surface area (Å²) < 4.78 is 0. The molecule has 0 bridgehead atoms. The van der Waals surface area contributed by atoms with Crippen LogP contribution in [-0.4, -0.2) is 34.5 Å². The molecule has 0 saturated carbocycles. The lowest BCUT2D eigenvalue weighted by atomic mass is 10.1. The number of hydrogen-bond acceptors (Lipinski definition) is 3. The van der Waals surface area contributed by atoms with Crippen molar-refractivity contribution in [3.8, 4) is 0 Å². The quantitative estimate of drug-likeness (QED) is 0.816. The van der Waals surface area contributed by atoms with Crippen LogP contribution in [0.5, 0.6) is 0 Å². The molecule has 0 N–H and O–H groups in total. The highest BCUT2D eigenvalue weighted by Crippen LogP contribution is 2.22. The smallest absolute Gasteiger partial charge is 0.136 e. The molecule has 0 spiro atoms. The lowest BCUT2D eigenvalue weighted by molar-refractivity contribution is 0.303. The van der Waals surface area contributed by atoms with Crippen LogP contribution in [0.25, 0.3) is 0 Å². The molecular weight excluding hydrogens is 282 g/mol. The second kappa shape index (κ2) is 6.54. The largest absolute Gasteiger partial charge is 0.303 e. The highest BCUT2D eigenvalue weighted by molar-refractivity contribution is 6.30. The van der Waals surface area contributed by atoms with Crippen LogP contribution in [0, 0.1) is 0 Å². The molecule has 1 aliphatic rings. The Labute approximate surface area is 131 Å². The van der Waals surface area contributed by atoms with E-state index < -0.39 is 0 Å². The van der Waals surface area contributed by atoms with Gasteiger partial charge in [0, 0.05) is 31.5 Å². The van der Waals surface area contributed by atoms with E-state index in [2.05, 4.69) is 28.9 Å². The van der Waals surface area contributed by atoms with Crippen molar-refractivity contribution in [1.82, 2.24) is 14.9 Å². The maximum Gasteiger partial charge on any atom is 0.136 e. The van der Waals surface area contributed by atoms with Gasteiger partial charge in [0.2, 0.25) is 0 Å². The molecule has 3 nitrogen and oxygen atoms in total. The molecule has 2 heterocycles. The van der Waals surface area contributed by atoms with Crippen LogP contribution in [0.4, 0.5) is 0 Å². The molecule has 1 aromatic carbocycles. The summed E-state index contributed by atoms with van der Waals surface area (Å²) in [7, 11) is 0. The summed E-state index contributed by atoms with van der Waals surface area (Å²) >= 11 is 6.41. The molecule has 0 atom stereocenters. The van der Waals surface area contributed by atoms with E-state index in [4.69, 9.17) is 16.6 Å². The first-order chi connectivity index (χ1) is 10.3. The topological polar surface area (TPSA) is 29.0 Å². The van der Waals surface area contributed by atoms with Gasteiger partial charge in [0.25, 0.3) is 0 Å². The summed E-state index contributed by atoms with van der Waals surface area (Å²) in [4.78, 5) is 11.7. The summed E-state index contributed by atoms with van der Waals surface area (Å²) in [5.74, 6) is 0.829. The Bertz CT molecular complexity index is 613. The number of aromatic nitrogens is 2. The van der Waals surface area contributed by atoms with E-state index in [9.17, 15) is 0 Å². The van der Waals surface area contributed by atoms with E-state index in [0.717, 1.165) is 56.0 Å². The van der Waals surface area contributed by atoms with Gasteiger partial charge < -0.3 is 4.90 Å². The maximum atomic E-state index is 6.41. The van der Waals surface area contributed by atoms with Crippen molar-refractivity contribution in [2.24, 2.45) is 0 Å². The van der Waals surface area contributed by atoms with Gasteiger partial charge >= 0.3 is 0 Å². The third-order valence-electron chi connectivity index (χ3n) is 4.08. The average molecular weight is 302 g/mol. The standard InChI is InChI=1S/C17H20ClN3/c1-2-21-10-8-14-15(9-11-21)19-16(20-17(14)18)12-13-6-4-3-5-7-13/h3-7H,2,8-12H2,1H3. The fraction of sp³-hybridized carbons (Fsp3) is 0.412. The van der Waals surface area contributed by atoms with Crippen LogP contribution in [0.2, 0.25) is 5.15 Å². The molecular formula is C17H20ClN3. The van der Waals surface area contributed by atoms with Crippen LogP contribution < -0.4 is 0 Å². The van der Waals surface area contributed by atoms with Gasteiger partial charge in [-0.2, -0.15) is 0 Å². The van der Waals surface area contributed by atoms with E-state index in [1.54, 1.807) is 0 Å². The predicted molar refractivity (Wildman–Crippen MR) is 85.8 cm³/mol. The van der Waals surface area contributed by atoms with Crippen molar-refractivity contribution in [1.29, 1.82) is 0 Å². The van der Waals surface area contributed by atoms with E-state index in [1.165, 1.54) is 5.56 Å². The molecule has 1 aliphatic heterocycles. The molecule has 0 radical (unpaired) electrons. The Morgan fingerprint density at radius 1 is 1.10 bits per heavy atom. The second-order valence-corrected chi connectivity index (χ2v) is 5.81. The van der Waals surface area contributed by atoms with E-state index in [0.29, 0.717) is 5.15 Å². The zero-order valence-corrected chi connectivity index (χ0v) is 13.1. The third-order valence-corrected chi connectivity index (χ3v) is 4.40. The Balaban J connectivity index is 1.86. The van der Waals surface area contributed by atoms with Gasteiger partial charge in [0.15, 0.2) is 0 Å². The molecule has 0 amide bonds. The van der Waals surface area contributed by atoms with Gasteiger partial charge in [0.05, 0.1) is 5.69 Å². The van der Waals surface area contributed by atoms with Crippen molar-refractivity contribution >= 4 is 11.6 Å². The van der Waals surface area contributed by atoms with E-state index in [1.807, 2.05) is 18.2 Å². The highest BCUT2D eigenvalue weighted by Gasteiger charge is 2.18. The Hall–Kier alpha value is -1.45. The number of rotatable bonds is 3. The lowest BCUT2D eigenvalue weighted by Crippen LogP contribution is -2.25. The summed E-state index contributed by atoms with van der Waals surface area (Å²) in [6.07, 6.45) is 2.66. The SMILES string of the molecule is CCN1CCc2nc(Cc3ccccc3)nc(Cl)c2CC1. The molecule has 110 valence electrons. The fourth-order valence-electron chi connectivity index (χ4n) is 2.82. The van der Waals surface area contributed by atoms with Crippen molar-refractivity contribution in [3.05, 3.63) is 58.1 Å². The number of halogens is 1. The van der Waals surface area contributed by atoms with Gasteiger partial charge in [-0.25, -0.2) is 9.97 Å². The average Bonchev–Trinajstić information content (AvgIpc) is 2.71. The summed E-state index contributed by atoms with van der Waals surface area (Å²) in [6, 6.07) is 10.3. The van der Waals surface area contributed by atoms with Crippen LogP contribution in [0.3, 0.4) is 0 Å². The zero-order valence-electron chi connectivity index (χ0n) is 12.3. The predicted octanol–water partition coefficient (Wildman–Crippen LogP) is 3.14. The number of fused-ring (bicyclic) bond motifs is 1. The van der Waals surface area contributed by atoms with Gasteiger partial charge in [-0.15, -0.1) is 0 Å². The molecule has 3 rings (SSSR count).